The Morgan fingerprint density at radius 2 is 1.71 bits per heavy atom. The fraction of sp³-hybridized carbons (Fsp3) is 0. The average Bonchev–Trinajstić information content (AvgIpc) is 2.47. The molecule has 2 rings (SSSR count). The molecule has 0 atom stereocenters. The molecule has 1 aromatic heterocycles. The first-order valence-electron chi connectivity index (χ1n) is 5.55. The lowest BCUT2D eigenvalue weighted by Crippen LogP contribution is -2.09. The molecule has 0 radical (unpaired) electrons. The van der Waals surface area contributed by atoms with E-state index in [0.29, 0.717) is 4.90 Å². The second kappa shape index (κ2) is 6.15. The molecule has 1 aromatic carbocycles. The lowest BCUT2D eigenvalue weighted by atomic mass is 10.3. The molecular formula is C11H9N5O4S. The summed E-state index contributed by atoms with van der Waals surface area (Å²) in [7, 11) is 0. The summed E-state index contributed by atoms with van der Waals surface area (Å²) in [5.41, 5.74) is 2.08. The Morgan fingerprint density at radius 1 is 1.05 bits per heavy atom. The van der Waals surface area contributed by atoms with Gasteiger partial charge < -0.3 is 5.43 Å². The molecule has 0 unspecified atom stereocenters. The van der Waals surface area contributed by atoms with Gasteiger partial charge in [-0.2, -0.15) is 0 Å². The lowest BCUT2D eigenvalue weighted by molar-refractivity contribution is -0.388. The van der Waals surface area contributed by atoms with E-state index in [0.717, 1.165) is 11.8 Å². The minimum Gasteiger partial charge on any atom is -0.308 e. The number of nitrogen functional groups attached to an aromatic ring is 1. The highest BCUT2D eigenvalue weighted by molar-refractivity contribution is 7.99. The van der Waals surface area contributed by atoms with Gasteiger partial charge in [0.05, 0.1) is 9.85 Å². The van der Waals surface area contributed by atoms with E-state index in [4.69, 9.17) is 5.84 Å². The van der Waals surface area contributed by atoms with Crippen molar-refractivity contribution < 1.29 is 9.85 Å². The average molecular weight is 307 g/mol. The van der Waals surface area contributed by atoms with Crippen molar-refractivity contribution in [3.8, 4) is 0 Å². The minimum atomic E-state index is -0.555. The van der Waals surface area contributed by atoms with E-state index >= 15 is 0 Å². The molecule has 0 amide bonds. The topological polar surface area (TPSA) is 137 Å². The number of aromatic nitrogens is 1. The Hall–Kier alpha value is -2.72. The molecule has 0 saturated carbocycles. The number of hydrogen-bond donors (Lipinski definition) is 2. The second-order valence-electron chi connectivity index (χ2n) is 3.78. The summed E-state index contributed by atoms with van der Waals surface area (Å²) in [6.07, 6.45) is 0. The fourth-order valence-corrected chi connectivity index (χ4v) is 2.36. The van der Waals surface area contributed by atoms with Gasteiger partial charge in [-0.3, -0.25) is 20.2 Å². The van der Waals surface area contributed by atoms with Crippen molar-refractivity contribution in [2.75, 3.05) is 5.43 Å². The summed E-state index contributed by atoms with van der Waals surface area (Å²) in [5, 5.41) is 21.7. The van der Waals surface area contributed by atoms with E-state index in [1.165, 1.54) is 36.4 Å². The van der Waals surface area contributed by atoms with Crippen LogP contribution in [0.4, 0.5) is 17.2 Å². The molecule has 1 heterocycles. The van der Waals surface area contributed by atoms with Gasteiger partial charge in [-0.25, -0.2) is 10.8 Å². The SMILES string of the molecule is NNc1ccc([N+](=O)[O-])c(Sc2ccc([N+](=O)[O-])cc2)n1. The molecule has 21 heavy (non-hydrogen) atoms. The van der Waals surface area contributed by atoms with Crippen LogP contribution in [0.25, 0.3) is 0 Å². The zero-order valence-electron chi connectivity index (χ0n) is 10.4. The van der Waals surface area contributed by atoms with Crippen molar-refractivity contribution in [3.63, 3.8) is 0 Å². The largest absolute Gasteiger partial charge is 0.308 e. The maximum atomic E-state index is 11.0. The monoisotopic (exact) mass is 307 g/mol. The van der Waals surface area contributed by atoms with Gasteiger partial charge >= 0.3 is 5.69 Å². The van der Waals surface area contributed by atoms with Crippen molar-refractivity contribution in [3.05, 3.63) is 56.6 Å². The van der Waals surface area contributed by atoms with E-state index in [9.17, 15) is 20.2 Å². The van der Waals surface area contributed by atoms with Gasteiger partial charge in [-0.1, -0.05) is 11.8 Å². The normalized spacial score (nSPS) is 10.1. The highest BCUT2D eigenvalue weighted by atomic mass is 32.2. The molecule has 0 bridgehead atoms. The number of nitro benzene ring substituents is 1. The summed E-state index contributed by atoms with van der Waals surface area (Å²) < 4.78 is 0. The Kier molecular flexibility index (Phi) is 4.30. The summed E-state index contributed by atoms with van der Waals surface area (Å²) in [4.78, 5) is 25.1. The molecule has 10 heteroatoms. The van der Waals surface area contributed by atoms with E-state index < -0.39 is 9.85 Å². The number of hydrogen-bond acceptors (Lipinski definition) is 8. The first-order chi connectivity index (χ1) is 10.0. The minimum absolute atomic E-state index is 0.0563. The standard InChI is InChI=1S/C11H9N5O4S/c12-14-10-6-5-9(16(19)20)11(13-10)21-8-3-1-7(2-4-8)15(17)18/h1-6H,12H2,(H,13,14). The van der Waals surface area contributed by atoms with Crippen LogP contribution in [0.3, 0.4) is 0 Å². The highest BCUT2D eigenvalue weighted by Crippen LogP contribution is 2.34. The number of rotatable bonds is 5. The number of non-ortho nitro benzene ring substituents is 1. The summed E-state index contributed by atoms with van der Waals surface area (Å²) in [5.74, 6) is 5.51. The lowest BCUT2D eigenvalue weighted by Gasteiger charge is -2.04. The Labute approximate surface area is 122 Å². The van der Waals surface area contributed by atoms with Gasteiger partial charge in [-0.15, -0.1) is 0 Å². The van der Waals surface area contributed by atoms with Crippen LogP contribution in [0.1, 0.15) is 0 Å². The van der Waals surface area contributed by atoms with E-state index in [1.807, 2.05) is 0 Å². The van der Waals surface area contributed by atoms with Crippen LogP contribution < -0.4 is 11.3 Å². The third-order valence-electron chi connectivity index (χ3n) is 2.45. The van der Waals surface area contributed by atoms with Gasteiger partial charge in [0.2, 0.25) is 0 Å². The first-order valence-corrected chi connectivity index (χ1v) is 6.37. The Morgan fingerprint density at radius 3 is 2.24 bits per heavy atom. The number of nitrogens with zero attached hydrogens (tertiary/aromatic N) is 3. The number of benzene rings is 1. The van der Waals surface area contributed by atoms with Gasteiger partial charge in [0.1, 0.15) is 5.82 Å². The predicted molar refractivity (Wildman–Crippen MR) is 75.9 cm³/mol. The first kappa shape index (κ1) is 14.7. The van der Waals surface area contributed by atoms with Crippen LogP contribution in [0.5, 0.6) is 0 Å². The molecule has 0 aliphatic rings. The Bertz CT molecular complexity index is 692. The van der Waals surface area contributed by atoms with Gasteiger partial charge in [0.25, 0.3) is 5.69 Å². The number of anilines is 1. The van der Waals surface area contributed by atoms with E-state index in [1.54, 1.807) is 0 Å². The maximum absolute atomic E-state index is 11.0. The molecule has 0 aliphatic carbocycles. The summed E-state index contributed by atoms with van der Waals surface area (Å²) in [6, 6.07) is 8.31. The van der Waals surface area contributed by atoms with Crippen molar-refractivity contribution in [2.24, 2.45) is 5.84 Å². The fourth-order valence-electron chi connectivity index (χ4n) is 1.48. The third-order valence-corrected chi connectivity index (χ3v) is 3.45. The van der Waals surface area contributed by atoms with Gasteiger partial charge in [-0.05, 0) is 18.2 Å². The number of hydrazine groups is 1. The van der Waals surface area contributed by atoms with Gasteiger partial charge in [0, 0.05) is 23.1 Å². The van der Waals surface area contributed by atoms with Crippen molar-refractivity contribution in [1.29, 1.82) is 0 Å². The van der Waals surface area contributed by atoms with Crippen molar-refractivity contribution in [2.45, 2.75) is 9.92 Å². The summed E-state index contributed by atoms with van der Waals surface area (Å²) >= 11 is 1.02. The van der Waals surface area contributed by atoms with Crippen LogP contribution >= 0.6 is 11.8 Å². The molecule has 9 nitrogen and oxygen atoms in total. The van der Waals surface area contributed by atoms with Crippen molar-refractivity contribution >= 4 is 29.0 Å². The van der Waals surface area contributed by atoms with Crippen LogP contribution in [0.15, 0.2) is 46.3 Å². The molecule has 0 spiro atoms. The summed E-state index contributed by atoms with van der Waals surface area (Å²) in [6.45, 7) is 0. The smallest absolute Gasteiger partial charge is 0.301 e. The highest BCUT2D eigenvalue weighted by Gasteiger charge is 2.17. The zero-order valence-corrected chi connectivity index (χ0v) is 11.2. The second-order valence-corrected chi connectivity index (χ2v) is 4.84. The zero-order chi connectivity index (χ0) is 15.4. The van der Waals surface area contributed by atoms with E-state index in [-0.39, 0.29) is 22.2 Å². The van der Waals surface area contributed by atoms with Crippen LogP contribution in [0, 0.1) is 20.2 Å². The maximum Gasteiger partial charge on any atom is 0.301 e. The molecule has 108 valence electrons. The number of nitrogens with one attached hydrogen (secondary N) is 1. The van der Waals surface area contributed by atoms with Crippen LogP contribution in [0.2, 0.25) is 0 Å². The molecule has 0 aliphatic heterocycles. The number of pyridine rings is 1. The van der Waals surface area contributed by atoms with Crippen LogP contribution in [-0.2, 0) is 0 Å². The Balaban J connectivity index is 2.33. The molecular weight excluding hydrogens is 298 g/mol. The molecule has 0 fully saturated rings. The third kappa shape index (κ3) is 3.43. The van der Waals surface area contributed by atoms with Gasteiger partial charge in [0.15, 0.2) is 5.03 Å². The number of nitrogens with two attached hydrogens (primary N) is 1. The molecule has 0 saturated heterocycles. The predicted octanol–water partition coefficient (Wildman–Crippen LogP) is 2.33. The quantitative estimate of drug-likeness (QED) is 0.487. The van der Waals surface area contributed by atoms with Crippen LogP contribution in [-0.4, -0.2) is 14.8 Å². The number of nitro groups is 2. The van der Waals surface area contributed by atoms with Crippen molar-refractivity contribution in [1.82, 2.24) is 4.98 Å². The molecule has 2 aromatic rings. The van der Waals surface area contributed by atoms with E-state index in [2.05, 4.69) is 10.4 Å². The molecule has 3 N–H and O–H groups in total.